The number of ether oxygens (including phenoxy) is 1. The fourth-order valence-corrected chi connectivity index (χ4v) is 2.96. The minimum Gasteiger partial charge on any atom is -0.464 e. The van der Waals surface area contributed by atoms with E-state index in [1.165, 1.54) is 0 Å². The zero-order valence-electron chi connectivity index (χ0n) is 14.0. The maximum atomic E-state index is 13.2. The Morgan fingerprint density at radius 3 is 2.52 bits per heavy atom. The molecule has 0 radical (unpaired) electrons. The van der Waals surface area contributed by atoms with Gasteiger partial charge in [-0.1, -0.05) is 30.3 Å². The molecular formula is C17H16FN3O6. The second kappa shape index (κ2) is 7.35. The van der Waals surface area contributed by atoms with Gasteiger partial charge in [0.15, 0.2) is 11.4 Å². The fourth-order valence-electron chi connectivity index (χ4n) is 2.96. The van der Waals surface area contributed by atoms with E-state index in [9.17, 15) is 24.2 Å². The van der Waals surface area contributed by atoms with Crippen LogP contribution in [0.25, 0.3) is 11.1 Å². The first-order valence-electron chi connectivity index (χ1n) is 7.90. The largest absolute Gasteiger partial charge is 0.464 e. The van der Waals surface area contributed by atoms with Crippen LogP contribution in [0.2, 0.25) is 0 Å². The van der Waals surface area contributed by atoms with Crippen LogP contribution in [-0.4, -0.2) is 63.0 Å². The Balaban J connectivity index is 2.27. The van der Waals surface area contributed by atoms with Crippen LogP contribution in [0.15, 0.2) is 30.3 Å². The van der Waals surface area contributed by atoms with Crippen molar-refractivity contribution in [3.63, 3.8) is 0 Å². The molecule has 142 valence electrons. The summed E-state index contributed by atoms with van der Waals surface area (Å²) in [5.74, 6) is -1.70. The molecule has 1 amide bonds. The van der Waals surface area contributed by atoms with Gasteiger partial charge >= 0.3 is 5.97 Å². The number of carbonyl (C=O) groups excluding carboxylic acids is 2. The molecule has 4 unspecified atom stereocenters. The highest BCUT2D eigenvalue weighted by molar-refractivity contribution is 6.02. The molecule has 4 atom stereocenters. The van der Waals surface area contributed by atoms with E-state index in [0.29, 0.717) is 5.56 Å². The van der Waals surface area contributed by atoms with Crippen molar-refractivity contribution in [2.24, 2.45) is 0 Å². The molecule has 1 aliphatic rings. The molecule has 3 rings (SSSR count). The van der Waals surface area contributed by atoms with Crippen LogP contribution in [0.1, 0.15) is 32.6 Å². The first-order chi connectivity index (χ1) is 12.9. The summed E-state index contributed by atoms with van der Waals surface area (Å²) in [6.07, 6.45) is -6.48. The number of aliphatic hydroxyl groups excluding tert-OH is 3. The topological polar surface area (TPSA) is 142 Å². The SMILES string of the molecule is COC(=O)c1nnc2c(c1-c1ccccc1)C(O)C(C(O)C(O)F)NC2=O. The lowest BCUT2D eigenvalue weighted by molar-refractivity contribution is -0.0982. The normalized spacial score (nSPS) is 21.0. The van der Waals surface area contributed by atoms with Crippen molar-refractivity contribution in [1.29, 1.82) is 0 Å². The number of benzene rings is 1. The summed E-state index contributed by atoms with van der Waals surface area (Å²) in [6.45, 7) is 0. The number of hydrogen-bond acceptors (Lipinski definition) is 8. The number of rotatable bonds is 4. The molecule has 1 aliphatic heterocycles. The van der Waals surface area contributed by atoms with Crippen LogP contribution in [0.4, 0.5) is 4.39 Å². The van der Waals surface area contributed by atoms with Crippen LogP contribution < -0.4 is 5.32 Å². The summed E-state index contributed by atoms with van der Waals surface area (Å²) in [7, 11) is 1.13. The number of alkyl halides is 1. The van der Waals surface area contributed by atoms with Gasteiger partial charge < -0.3 is 25.4 Å². The van der Waals surface area contributed by atoms with Gasteiger partial charge in [-0.2, -0.15) is 0 Å². The third-order valence-electron chi connectivity index (χ3n) is 4.25. The number of nitrogens with zero attached hydrogens (tertiary/aromatic N) is 2. The average molecular weight is 377 g/mol. The molecule has 4 N–H and O–H groups in total. The maximum absolute atomic E-state index is 13.2. The molecule has 0 spiro atoms. The number of hydrogen-bond donors (Lipinski definition) is 4. The van der Waals surface area contributed by atoms with E-state index in [1.807, 2.05) is 0 Å². The van der Waals surface area contributed by atoms with Gasteiger partial charge in [-0.05, 0) is 5.56 Å². The van der Waals surface area contributed by atoms with Crippen LogP contribution in [0.5, 0.6) is 0 Å². The Labute approximate surface area is 152 Å². The predicted molar refractivity (Wildman–Crippen MR) is 88.1 cm³/mol. The number of amides is 1. The van der Waals surface area contributed by atoms with Gasteiger partial charge in [0.1, 0.15) is 12.2 Å². The number of methoxy groups -OCH3 is 1. The van der Waals surface area contributed by atoms with E-state index < -0.39 is 36.5 Å². The van der Waals surface area contributed by atoms with Crippen molar-refractivity contribution in [3.05, 3.63) is 47.3 Å². The van der Waals surface area contributed by atoms with Crippen molar-refractivity contribution in [2.45, 2.75) is 24.6 Å². The standard InChI is InChI=1S/C17H16FN3O6/c1-27-17(26)11-8(7-5-3-2-4-6-7)9-10(20-21-11)16(25)19-12(13(9)22)14(23)15(18)24/h2-6,12-15,22-24H,1H3,(H,19,25). The number of aromatic nitrogens is 2. The van der Waals surface area contributed by atoms with Gasteiger partial charge in [0, 0.05) is 11.1 Å². The number of aliphatic hydroxyl groups is 3. The van der Waals surface area contributed by atoms with Gasteiger partial charge in [0.05, 0.1) is 13.2 Å². The van der Waals surface area contributed by atoms with Gasteiger partial charge in [-0.25, -0.2) is 9.18 Å². The van der Waals surface area contributed by atoms with Crippen molar-refractivity contribution in [2.75, 3.05) is 7.11 Å². The monoisotopic (exact) mass is 377 g/mol. The third-order valence-corrected chi connectivity index (χ3v) is 4.25. The Hall–Kier alpha value is -2.95. The Bertz CT molecular complexity index is 876. The summed E-state index contributed by atoms with van der Waals surface area (Å²) in [5, 5.41) is 39.2. The van der Waals surface area contributed by atoms with Crippen LogP contribution in [-0.2, 0) is 4.74 Å². The van der Waals surface area contributed by atoms with Crippen molar-refractivity contribution >= 4 is 11.9 Å². The van der Waals surface area contributed by atoms with Gasteiger partial charge in [0.25, 0.3) is 5.91 Å². The highest BCUT2D eigenvalue weighted by Gasteiger charge is 2.43. The van der Waals surface area contributed by atoms with Crippen LogP contribution in [0.3, 0.4) is 0 Å². The summed E-state index contributed by atoms with van der Waals surface area (Å²) in [5.41, 5.74) is -0.173. The molecule has 27 heavy (non-hydrogen) atoms. The molecular weight excluding hydrogens is 361 g/mol. The highest BCUT2D eigenvalue weighted by atomic mass is 19.1. The number of halogens is 1. The van der Waals surface area contributed by atoms with Gasteiger partial charge in [-0.3, -0.25) is 4.79 Å². The number of fused-ring (bicyclic) bond motifs is 1. The first kappa shape index (κ1) is 18.8. The Morgan fingerprint density at radius 1 is 1.26 bits per heavy atom. The molecule has 0 fully saturated rings. The predicted octanol–water partition coefficient (Wildman–Crippen LogP) is -0.276. The Kier molecular flexibility index (Phi) is 5.13. The van der Waals surface area contributed by atoms with Gasteiger partial charge in [0.2, 0.25) is 6.36 Å². The quantitative estimate of drug-likeness (QED) is 0.533. The summed E-state index contributed by atoms with van der Waals surface area (Å²) >= 11 is 0. The molecule has 0 aliphatic carbocycles. The van der Waals surface area contributed by atoms with Crippen LogP contribution >= 0.6 is 0 Å². The molecule has 10 heteroatoms. The lowest BCUT2D eigenvalue weighted by Gasteiger charge is -2.34. The van der Waals surface area contributed by atoms with Gasteiger partial charge in [-0.15, -0.1) is 10.2 Å². The van der Waals surface area contributed by atoms with E-state index in [2.05, 4.69) is 15.5 Å². The molecule has 9 nitrogen and oxygen atoms in total. The highest BCUT2D eigenvalue weighted by Crippen LogP contribution is 2.37. The molecule has 2 aromatic rings. The van der Waals surface area contributed by atoms with E-state index in [4.69, 9.17) is 9.84 Å². The molecule has 0 saturated heterocycles. The first-order valence-corrected chi connectivity index (χ1v) is 7.90. The molecule has 1 aromatic carbocycles. The fraction of sp³-hybridized carbons (Fsp3) is 0.294. The lowest BCUT2D eigenvalue weighted by atomic mass is 9.86. The molecule has 0 bridgehead atoms. The number of carbonyl (C=O) groups is 2. The van der Waals surface area contributed by atoms with Crippen molar-refractivity contribution < 1.29 is 34.0 Å². The van der Waals surface area contributed by atoms with Crippen molar-refractivity contribution in [1.82, 2.24) is 15.5 Å². The van der Waals surface area contributed by atoms with Crippen molar-refractivity contribution in [3.8, 4) is 11.1 Å². The van der Waals surface area contributed by atoms with E-state index in [0.717, 1.165) is 7.11 Å². The summed E-state index contributed by atoms with van der Waals surface area (Å²) < 4.78 is 17.9. The molecule has 1 aromatic heterocycles. The smallest absolute Gasteiger partial charge is 0.359 e. The number of nitrogens with one attached hydrogen (secondary N) is 1. The van der Waals surface area contributed by atoms with E-state index >= 15 is 0 Å². The van der Waals surface area contributed by atoms with E-state index in [-0.39, 0.29) is 22.5 Å². The second-order valence-corrected chi connectivity index (χ2v) is 5.85. The Morgan fingerprint density at radius 2 is 1.93 bits per heavy atom. The minimum absolute atomic E-state index is 0.0698. The summed E-state index contributed by atoms with van der Waals surface area (Å²) in [6, 6.07) is 6.70. The lowest BCUT2D eigenvalue weighted by Crippen LogP contribution is -2.54. The zero-order chi connectivity index (χ0) is 19.7. The third kappa shape index (κ3) is 3.25. The summed E-state index contributed by atoms with van der Waals surface area (Å²) in [4.78, 5) is 24.5. The number of esters is 1. The average Bonchev–Trinajstić information content (AvgIpc) is 2.69. The minimum atomic E-state index is -2.71. The second-order valence-electron chi connectivity index (χ2n) is 5.85. The zero-order valence-corrected chi connectivity index (χ0v) is 14.0. The van der Waals surface area contributed by atoms with Crippen LogP contribution in [0, 0.1) is 0 Å². The molecule has 0 saturated carbocycles. The molecule has 2 heterocycles. The van der Waals surface area contributed by atoms with E-state index in [1.54, 1.807) is 30.3 Å². The maximum Gasteiger partial charge on any atom is 0.359 e.